The molecule has 0 aromatic rings. The summed E-state index contributed by atoms with van der Waals surface area (Å²) in [4.78, 5) is 72.7. The summed E-state index contributed by atoms with van der Waals surface area (Å²) in [5, 5.41) is 10.6. The average Bonchev–Trinajstić information content (AvgIpc) is 2.15. The van der Waals surface area contributed by atoms with Gasteiger partial charge in [-0.05, 0) is 128 Å². The number of phosphoric ester groups is 2. The number of carbonyl (C=O) groups is 4. The molecule has 0 bridgehead atoms. The van der Waals surface area contributed by atoms with Crippen molar-refractivity contribution in [2.75, 3.05) is 39.6 Å². The summed E-state index contributed by atoms with van der Waals surface area (Å²) in [5.41, 5.74) is 0. The number of rotatable bonds is 70. The zero-order valence-electron chi connectivity index (χ0n) is 59.4. The Bertz CT molecular complexity index is 2070. The Morgan fingerprint density at radius 2 is 0.564 bits per heavy atom. The van der Waals surface area contributed by atoms with Crippen LogP contribution in [0.5, 0.6) is 0 Å². The van der Waals surface area contributed by atoms with Gasteiger partial charge >= 0.3 is 39.5 Å². The van der Waals surface area contributed by atoms with E-state index in [1.807, 2.05) is 0 Å². The minimum Gasteiger partial charge on any atom is -0.462 e. The third-order valence-corrected chi connectivity index (χ3v) is 17.5. The number of hydrogen-bond acceptors (Lipinski definition) is 15. The van der Waals surface area contributed by atoms with Gasteiger partial charge in [0.05, 0.1) is 26.4 Å². The van der Waals surface area contributed by atoms with Gasteiger partial charge in [-0.1, -0.05) is 242 Å². The van der Waals surface area contributed by atoms with E-state index in [9.17, 15) is 43.2 Å². The predicted molar refractivity (Wildman–Crippen MR) is 381 cm³/mol. The Balaban J connectivity index is 5.31. The number of esters is 4. The molecule has 0 aliphatic carbocycles. The molecule has 0 aromatic carbocycles. The topological polar surface area (TPSA) is 237 Å². The average molecular weight is 1370 g/mol. The first-order chi connectivity index (χ1) is 45.7. The molecule has 0 rings (SSSR count). The maximum absolute atomic E-state index is 13.0. The lowest BCUT2D eigenvalue weighted by Gasteiger charge is -2.21. The van der Waals surface area contributed by atoms with Crippen LogP contribution in [0.3, 0.4) is 0 Å². The van der Waals surface area contributed by atoms with Crippen LogP contribution >= 0.6 is 15.6 Å². The van der Waals surface area contributed by atoms with Crippen molar-refractivity contribution in [2.24, 2.45) is 0 Å². The fourth-order valence-electron chi connectivity index (χ4n) is 9.91. The number of allylic oxidation sites excluding steroid dienone is 12. The summed E-state index contributed by atoms with van der Waals surface area (Å²) < 4.78 is 68.3. The zero-order valence-corrected chi connectivity index (χ0v) is 61.2. The van der Waals surface area contributed by atoms with Crippen LogP contribution in [-0.2, 0) is 65.4 Å². The molecular weight excluding hydrogens is 1230 g/mol. The van der Waals surface area contributed by atoms with Crippen LogP contribution in [0.4, 0.5) is 0 Å². The molecule has 0 amide bonds. The molecule has 19 heteroatoms. The van der Waals surface area contributed by atoms with Crippen LogP contribution in [0.25, 0.3) is 0 Å². The Morgan fingerprint density at radius 1 is 0.309 bits per heavy atom. The highest BCUT2D eigenvalue weighted by Gasteiger charge is 2.30. The van der Waals surface area contributed by atoms with E-state index in [1.165, 1.54) is 64.2 Å². The van der Waals surface area contributed by atoms with Gasteiger partial charge in [0.1, 0.15) is 19.3 Å². The highest BCUT2D eigenvalue weighted by atomic mass is 31.2. The lowest BCUT2D eigenvalue weighted by atomic mass is 10.1. The molecule has 0 spiro atoms. The summed E-state index contributed by atoms with van der Waals surface area (Å²) in [5.74, 6) is -2.20. The van der Waals surface area contributed by atoms with Gasteiger partial charge in [-0.2, -0.15) is 0 Å². The SMILES string of the molecule is CC/C=C\C/C=C\C/C=C\CCCCCCCCCC(=O)OCC(COP(=O)(O)OCC(O)COP(=O)(O)OCC(COC(=O)CCCCCCC/C=C\CCCCCC)OC(=O)CCCCCCC/C=C\CCCC)OC(=O)CCCCCCC/C=C\CCCCCC. The summed E-state index contributed by atoms with van der Waals surface area (Å²) in [6, 6.07) is 0. The Labute approximate surface area is 571 Å². The lowest BCUT2D eigenvalue weighted by molar-refractivity contribution is -0.161. The summed E-state index contributed by atoms with van der Waals surface area (Å²) in [6.45, 7) is 4.68. The van der Waals surface area contributed by atoms with Crippen LogP contribution in [-0.4, -0.2) is 96.7 Å². The van der Waals surface area contributed by atoms with Gasteiger partial charge in [0.25, 0.3) is 0 Å². The standard InChI is InChI=1S/C75H134O17P2/c1-5-9-13-17-21-25-29-32-33-34-35-38-41-44-48-52-56-60-73(78)86-66-71(92-75(80)62-58-54-50-46-42-37-31-27-23-19-15-11-7-3)68-90-94(83,84)88-64-69(76)63-87-93(81,82)89-67-70(91-74(79)61-57-53-49-45-39-28-24-20-16-12-8-4)65-85-72(77)59-55-51-47-43-40-36-30-26-22-18-14-10-6-2/h9,13,20-21,24-27,30-33,69-71,76H,5-8,10-12,14-19,22-23,28-29,34-68H2,1-4H3,(H,81,82)(H,83,84)/b13-9-,24-20-,25-21-,30-26-,31-27-,33-32-. The van der Waals surface area contributed by atoms with Gasteiger partial charge in [0.15, 0.2) is 12.2 Å². The van der Waals surface area contributed by atoms with Crippen LogP contribution in [0.15, 0.2) is 72.9 Å². The second-order valence-corrected chi connectivity index (χ2v) is 27.8. The first-order valence-electron chi connectivity index (χ1n) is 37.2. The van der Waals surface area contributed by atoms with Crippen molar-refractivity contribution in [3.8, 4) is 0 Å². The van der Waals surface area contributed by atoms with Gasteiger partial charge in [0, 0.05) is 25.7 Å². The predicted octanol–water partition coefficient (Wildman–Crippen LogP) is 20.9. The van der Waals surface area contributed by atoms with E-state index < -0.39 is 97.5 Å². The van der Waals surface area contributed by atoms with E-state index in [2.05, 4.69) is 101 Å². The molecule has 546 valence electrons. The van der Waals surface area contributed by atoms with Crippen molar-refractivity contribution in [2.45, 2.75) is 341 Å². The third-order valence-electron chi connectivity index (χ3n) is 15.6. The number of hydrogen-bond donors (Lipinski definition) is 3. The summed E-state index contributed by atoms with van der Waals surface area (Å²) in [7, 11) is -9.94. The first-order valence-corrected chi connectivity index (χ1v) is 40.2. The van der Waals surface area contributed by atoms with Crippen molar-refractivity contribution < 1.29 is 80.2 Å². The molecule has 0 saturated heterocycles. The fraction of sp³-hybridized carbons (Fsp3) is 0.787. The van der Waals surface area contributed by atoms with Crippen LogP contribution < -0.4 is 0 Å². The quantitative estimate of drug-likeness (QED) is 0.0169. The smallest absolute Gasteiger partial charge is 0.462 e. The van der Waals surface area contributed by atoms with Gasteiger partial charge in [0.2, 0.25) is 0 Å². The molecular formula is C75H134O17P2. The highest BCUT2D eigenvalue weighted by Crippen LogP contribution is 2.45. The zero-order chi connectivity index (χ0) is 69.0. The molecule has 0 aromatic heterocycles. The molecule has 0 aliphatic heterocycles. The largest absolute Gasteiger partial charge is 0.472 e. The molecule has 0 heterocycles. The van der Waals surface area contributed by atoms with E-state index in [0.717, 1.165) is 180 Å². The summed E-state index contributed by atoms with van der Waals surface area (Å²) in [6.07, 6.45) is 66.2. The molecule has 0 radical (unpaired) electrons. The minimum absolute atomic E-state index is 0.0846. The van der Waals surface area contributed by atoms with Crippen molar-refractivity contribution in [1.82, 2.24) is 0 Å². The van der Waals surface area contributed by atoms with Gasteiger partial charge in [-0.3, -0.25) is 37.3 Å². The second kappa shape index (κ2) is 68.0. The molecule has 94 heavy (non-hydrogen) atoms. The third kappa shape index (κ3) is 67.1. The fourth-order valence-corrected chi connectivity index (χ4v) is 11.5. The molecule has 17 nitrogen and oxygen atoms in total. The number of carbonyl (C=O) groups excluding carboxylic acids is 4. The Kier molecular flexibility index (Phi) is 65.5. The molecule has 0 aliphatic rings. The molecule has 0 saturated carbocycles. The van der Waals surface area contributed by atoms with Crippen LogP contribution in [0, 0.1) is 0 Å². The van der Waals surface area contributed by atoms with E-state index >= 15 is 0 Å². The summed E-state index contributed by atoms with van der Waals surface area (Å²) >= 11 is 0. The van der Waals surface area contributed by atoms with Crippen molar-refractivity contribution in [3.05, 3.63) is 72.9 Å². The molecule has 3 N–H and O–H groups in total. The second-order valence-electron chi connectivity index (χ2n) is 24.8. The normalized spacial score (nSPS) is 14.4. The van der Waals surface area contributed by atoms with Crippen molar-refractivity contribution in [1.29, 1.82) is 0 Å². The maximum Gasteiger partial charge on any atom is 0.472 e. The van der Waals surface area contributed by atoms with E-state index in [0.29, 0.717) is 25.7 Å². The minimum atomic E-state index is -4.97. The van der Waals surface area contributed by atoms with Crippen LogP contribution in [0.2, 0.25) is 0 Å². The molecule has 5 unspecified atom stereocenters. The number of phosphoric acid groups is 2. The number of unbranched alkanes of at least 4 members (excludes halogenated alkanes) is 32. The van der Waals surface area contributed by atoms with Crippen molar-refractivity contribution in [3.63, 3.8) is 0 Å². The van der Waals surface area contributed by atoms with Gasteiger partial charge in [-0.25, -0.2) is 9.13 Å². The van der Waals surface area contributed by atoms with E-state index in [1.54, 1.807) is 0 Å². The number of ether oxygens (including phenoxy) is 4. The number of aliphatic hydroxyl groups excluding tert-OH is 1. The molecule has 0 fully saturated rings. The Morgan fingerprint density at radius 3 is 0.894 bits per heavy atom. The van der Waals surface area contributed by atoms with Crippen LogP contribution in [0.1, 0.15) is 323 Å². The van der Waals surface area contributed by atoms with Crippen molar-refractivity contribution >= 4 is 39.5 Å². The first kappa shape index (κ1) is 90.5. The van der Waals surface area contributed by atoms with Gasteiger partial charge < -0.3 is 33.8 Å². The highest BCUT2D eigenvalue weighted by molar-refractivity contribution is 7.47. The monoisotopic (exact) mass is 1370 g/mol. The van der Waals surface area contributed by atoms with Gasteiger partial charge in [-0.15, -0.1) is 0 Å². The van der Waals surface area contributed by atoms with E-state index in [-0.39, 0.29) is 25.7 Å². The maximum atomic E-state index is 13.0. The number of aliphatic hydroxyl groups is 1. The lowest BCUT2D eigenvalue weighted by Crippen LogP contribution is -2.30. The Hall–Kier alpha value is -3.50. The molecule has 5 atom stereocenters. The van der Waals surface area contributed by atoms with E-state index in [4.69, 9.17) is 37.0 Å².